The third-order valence-electron chi connectivity index (χ3n) is 2.94. The summed E-state index contributed by atoms with van der Waals surface area (Å²) < 4.78 is 0. The maximum Gasteiger partial charge on any atom is 0.0314 e. The van der Waals surface area contributed by atoms with Crippen molar-refractivity contribution >= 4 is 11.3 Å². The van der Waals surface area contributed by atoms with E-state index in [0.717, 1.165) is 31.7 Å². The molecule has 0 saturated heterocycles. The Hall–Kier alpha value is -1.28. The first-order valence-electron chi connectivity index (χ1n) is 5.93. The van der Waals surface area contributed by atoms with Crippen molar-refractivity contribution in [2.75, 3.05) is 25.4 Å². The lowest BCUT2D eigenvalue weighted by atomic mass is 10.0. The molecule has 0 fully saturated rings. The number of nitrogens with two attached hydrogens (primary N) is 1. The summed E-state index contributed by atoms with van der Waals surface area (Å²) >= 11 is 0. The van der Waals surface area contributed by atoms with Gasteiger partial charge in [0.25, 0.3) is 0 Å². The minimum atomic E-state index is 0.806. The third kappa shape index (κ3) is 3.70. The molecule has 0 saturated carbocycles. The van der Waals surface area contributed by atoms with Crippen LogP contribution in [0.4, 0.5) is 5.69 Å². The van der Waals surface area contributed by atoms with Crippen molar-refractivity contribution in [2.45, 2.75) is 20.3 Å². The molecule has 0 radical (unpaired) electrons. The largest absolute Gasteiger partial charge is 0.399 e. The van der Waals surface area contributed by atoms with Gasteiger partial charge in [0.15, 0.2) is 0 Å². The predicted octanol–water partition coefficient (Wildman–Crippen LogP) is 3.01. The van der Waals surface area contributed by atoms with Gasteiger partial charge in [-0.3, -0.25) is 0 Å². The number of hydrogen-bond donors (Lipinski definition) is 1. The van der Waals surface area contributed by atoms with Gasteiger partial charge in [0.2, 0.25) is 0 Å². The lowest BCUT2D eigenvalue weighted by molar-refractivity contribution is 0.312. The molecule has 0 bridgehead atoms. The normalized spacial score (nSPS) is 10.7. The maximum atomic E-state index is 5.65. The van der Waals surface area contributed by atoms with Crippen molar-refractivity contribution in [2.24, 2.45) is 0 Å². The molecule has 88 valence electrons. The topological polar surface area (TPSA) is 29.3 Å². The minimum Gasteiger partial charge on any atom is -0.399 e. The fourth-order valence-corrected chi connectivity index (χ4v) is 1.70. The zero-order chi connectivity index (χ0) is 12.0. The van der Waals surface area contributed by atoms with E-state index < -0.39 is 0 Å². The summed E-state index contributed by atoms with van der Waals surface area (Å²) in [5.41, 5.74) is 8.84. The number of hydrogen-bond acceptors (Lipinski definition) is 2. The van der Waals surface area contributed by atoms with E-state index in [2.05, 4.69) is 25.3 Å². The fraction of sp³-hybridized carbons (Fsp3) is 0.429. The van der Waals surface area contributed by atoms with Crippen LogP contribution in [0.15, 0.2) is 30.8 Å². The summed E-state index contributed by atoms with van der Waals surface area (Å²) in [5.74, 6) is 0. The predicted molar refractivity (Wildman–Crippen MR) is 72.3 cm³/mol. The Balaban J connectivity index is 2.49. The molecule has 2 nitrogen and oxygen atoms in total. The van der Waals surface area contributed by atoms with E-state index in [0.29, 0.717) is 0 Å². The highest BCUT2D eigenvalue weighted by molar-refractivity contribution is 5.64. The summed E-state index contributed by atoms with van der Waals surface area (Å²) in [5, 5.41) is 0. The van der Waals surface area contributed by atoms with Crippen molar-refractivity contribution in [1.29, 1.82) is 0 Å². The van der Waals surface area contributed by atoms with E-state index >= 15 is 0 Å². The molecule has 1 aromatic rings. The van der Waals surface area contributed by atoms with Gasteiger partial charge < -0.3 is 10.6 Å². The molecule has 1 rings (SSSR count). The van der Waals surface area contributed by atoms with Gasteiger partial charge >= 0.3 is 0 Å². The van der Waals surface area contributed by atoms with Gasteiger partial charge in [-0.05, 0) is 42.8 Å². The first kappa shape index (κ1) is 12.8. The van der Waals surface area contributed by atoms with Gasteiger partial charge in [0.1, 0.15) is 0 Å². The highest BCUT2D eigenvalue weighted by Crippen LogP contribution is 2.17. The van der Waals surface area contributed by atoms with Crippen molar-refractivity contribution < 1.29 is 0 Å². The molecule has 0 aromatic heterocycles. The van der Waals surface area contributed by atoms with E-state index in [4.69, 9.17) is 5.73 Å². The van der Waals surface area contributed by atoms with Crippen LogP contribution in [0, 0.1) is 0 Å². The monoisotopic (exact) mass is 218 g/mol. The van der Waals surface area contributed by atoms with Gasteiger partial charge in [0, 0.05) is 12.2 Å². The quantitative estimate of drug-likeness (QED) is 0.744. The van der Waals surface area contributed by atoms with Crippen molar-refractivity contribution in [3.63, 3.8) is 0 Å². The van der Waals surface area contributed by atoms with E-state index in [1.54, 1.807) is 0 Å². The van der Waals surface area contributed by atoms with Gasteiger partial charge in [-0.2, -0.15) is 0 Å². The maximum absolute atomic E-state index is 5.65. The zero-order valence-corrected chi connectivity index (χ0v) is 10.4. The second-order valence-electron chi connectivity index (χ2n) is 4.00. The van der Waals surface area contributed by atoms with E-state index in [-0.39, 0.29) is 0 Å². The average molecular weight is 218 g/mol. The molecule has 0 unspecified atom stereocenters. The summed E-state index contributed by atoms with van der Waals surface area (Å²) in [6, 6.07) is 7.94. The van der Waals surface area contributed by atoms with Crippen LogP contribution in [0.1, 0.15) is 25.8 Å². The van der Waals surface area contributed by atoms with E-state index in [1.807, 2.05) is 24.3 Å². The van der Waals surface area contributed by atoms with Gasteiger partial charge in [0.05, 0.1) is 0 Å². The highest BCUT2D eigenvalue weighted by Gasteiger charge is 2.02. The highest BCUT2D eigenvalue weighted by atomic mass is 15.1. The van der Waals surface area contributed by atoms with Crippen LogP contribution in [0.5, 0.6) is 0 Å². The van der Waals surface area contributed by atoms with Crippen LogP contribution in [0.3, 0.4) is 0 Å². The molecule has 2 N–H and O–H groups in total. The summed E-state index contributed by atoms with van der Waals surface area (Å²) in [6.07, 6.45) is 1.02. The van der Waals surface area contributed by atoms with Crippen LogP contribution < -0.4 is 5.73 Å². The molecule has 0 aliphatic heterocycles. The van der Waals surface area contributed by atoms with E-state index in [1.165, 1.54) is 11.1 Å². The number of anilines is 1. The van der Waals surface area contributed by atoms with E-state index in [9.17, 15) is 0 Å². The Morgan fingerprint density at radius 1 is 1.19 bits per heavy atom. The molecule has 16 heavy (non-hydrogen) atoms. The SMILES string of the molecule is C=C(CCN(CC)CC)c1ccc(N)cc1. The number of nitrogen functional groups attached to an aromatic ring is 1. The van der Waals surface area contributed by atoms with Crippen LogP contribution >= 0.6 is 0 Å². The fourth-order valence-electron chi connectivity index (χ4n) is 1.70. The standard InChI is InChI=1S/C14H22N2/c1-4-16(5-2)11-10-12(3)13-6-8-14(15)9-7-13/h6-9H,3-5,10-11,15H2,1-2H3. The van der Waals surface area contributed by atoms with Crippen molar-refractivity contribution in [3.05, 3.63) is 36.4 Å². The van der Waals surface area contributed by atoms with Gasteiger partial charge in [-0.15, -0.1) is 0 Å². The lowest BCUT2D eigenvalue weighted by Gasteiger charge is -2.18. The Labute approximate surface area is 98.8 Å². The molecule has 0 atom stereocenters. The number of nitrogens with zero attached hydrogens (tertiary/aromatic N) is 1. The Kier molecular flexibility index (Phi) is 5.06. The molecule has 0 aliphatic rings. The molecule has 0 spiro atoms. The first-order valence-corrected chi connectivity index (χ1v) is 5.93. The molecule has 1 aromatic carbocycles. The molecular formula is C14H22N2. The Morgan fingerprint density at radius 2 is 1.75 bits per heavy atom. The van der Waals surface area contributed by atoms with Crippen LogP contribution in [-0.2, 0) is 0 Å². The molecular weight excluding hydrogens is 196 g/mol. The molecule has 0 aliphatic carbocycles. The third-order valence-corrected chi connectivity index (χ3v) is 2.94. The number of benzene rings is 1. The van der Waals surface area contributed by atoms with Crippen LogP contribution in [-0.4, -0.2) is 24.5 Å². The average Bonchev–Trinajstić information content (AvgIpc) is 2.31. The Bertz CT molecular complexity index is 323. The smallest absolute Gasteiger partial charge is 0.0314 e. The lowest BCUT2D eigenvalue weighted by Crippen LogP contribution is -2.24. The second kappa shape index (κ2) is 6.33. The molecule has 0 amide bonds. The minimum absolute atomic E-state index is 0.806. The molecule has 0 heterocycles. The van der Waals surface area contributed by atoms with Crippen LogP contribution in [0.25, 0.3) is 5.57 Å². The van der Waals surface area contributed by atoms with Gasteiger partial charge in [-0.1, -0.05) is 32.6 Å². The summed E-state index contributed by atoms with van der Waals surface area (Å²) in [7, 11) is 0. The number of rotatable bonds is 6. The second-order valence-corrected chi connectivity index (χ2v) is 4.00. The molecule has 2 heteroatoms. The van der Waals surface area contributed by atoms with Crippen LogP contribution in [0.2, 0.25) is 0 Å². The summed E-state index contributed by atoms with van der Waals surface area (Å²) in [6.45, 7) is 11.8. The Morgan fingerprint density at radius 3 is 2.25 bits per heavy atom. The van der Waals surface area contributed by atoms with Crippen molar-refractivity contribution in [1.82, 2.24) is 4.90 Å². The van der Waals surface area contributed by atoms with Crippen molar-refractivity contribution in [3.8, 4) is 0 Å². The summed E-state index contributed by atoms with van der Waals surface area (Å²) in [4.78, 5) is 2.41. The zero-order valence-electron chi connectivity index (χ0n) is 10.4. The van der Waals surface area contributed by atoms with Gasteiger partial charge in [-0.25, -0.2) is 0 Å². The first-order chi connectivity index (χ1) is 7.67.